The summed E-state index contributed by atoms with van der Waals surface area (Å²) in [5.74, 6) is 2.64. The van der Waals surface area contributed by atoms with Crippen LogP contribution in [0.1, 0.15) is 33.1 Å². The molecule has 0 aromatic carbocycles. The highest BCUT2D eigenvalue weighted by molar-refractivity contribution is 8.00. The predicted molar refractivity (Wildman–Crippen MR) is 86.4 cm³/mol. The third-order valence-corrected chi connectivity index (χ3v) is 4.98. The van der Waals surface area contributed by atoms with Crippen LogP contribution in [-0.4, -0.2) is 45.6 Å². The number of likely N-dealkylation sites (tertiary alicyclic amines) is 1. The van der Waals surface area contributed by atoms with Crippen LogP contribution in [-0.2, 0) is 10.5 Å². The van der Waals surface area contributed by atoms with Crippen molar-refractivity contribution in [1.82, 2.24) is 15.1 Å². The van der Waals surface area contributed by atoms with E-state index in [4.69, 9.17) is 4.42 Å². The Morgan fingerprint density at radius 3 is 2.67 bits per heavy atom. The fourth-order valence-electron chi connectivity index (χ4n) is 2.77. The smallest absolute Gasteiger partial charge is 0.277 e. The van der Waals surface area contributed by atoms with E-state index in [2.05, 4.69) is 24.0 Å². The molecule has 1 aromatic heterocycles. The molecule has 1 aliphatic heterocycles. The monoisotopic (exact) mass is 329 g/mol. The van der Waals surface area contributed by atoms with E-state index in [1.165, 1.54) is 18.2 Å². The number of nitrogens with zero attached hydrogens (tertiary/aromatic N) is 3. The van der Waals surface area contributed by atoms with E-state index in [-0.39, 0.29) is 11.2 Å². The summed E-state index contributed by atoms with van der Waals surface area (Å²) < 4.78 is 5.52. The summed E-state index contributed by atoms with van der Waals surface area (Å²) in [4.78, 5) is 14.5. The maximum atomic E-state index is 12.5. The van der Waals surface area contributed by atoms with Gasteiger partial charge < -0.3 is 9.32 Å². The van der Waals surface area contributed by atoms with E-state index in [1.807, 2.05) is 18.1 Å². The Morgan fingerprint density at radius 1 is 1.38 bits per heavy atom. The van der Waals surface area contributed by atoms with Crippen molar-refractivity contribution in [3.05, 3.63) is 5.89 Å². The number of piperidine rings is 1. The number of carbonyl (C=O) groups is 1. The van der Waals surface area contributed by atoms with Crippen LogP contribution in [0.15, 0.2) is 9.64 Å². The van der Waals surface area contributed by atoms with Gasteiger partial charge in [-0.3, -0.25) is 4.79 Å². The summed E-state index contributed by atoms with van der Waals surface area (Å²) in [6.07, 6.45) is 3.19. The van der Waals surface area contributed by atoms with Gasteiger partial charge in [0.2, 0.25) is 11.8 Å². The van der Waals surface area contributed by atoms with Crippen molar-refractivity contribution in [3.8, 4) is 0 Å². The van der Waals surface area contributed by atoms with Crippen LogP contribution in [0.4, 0.5) is 0 Å². The highest BCUT2D eigenvalue weighted by Crippen LogP contribution is 2.27. The van der Waals surface area contributed by atoms with Crippen LogP contribution in [0.2, 0.25) is 0 Å². The number of hydrogen-bond acceptors (Lipinski definition) is 6. The molecule has 0 saturated carbocycles. The van der Waals surface area contributed by atoms with E-state index < -0.39 is 0 Å². The summed E-state index contributed by atoms with van der Waals surface area (Å²) in [5, 5.41) is 8.26. The topological polar surface area (TPSA) is 59.2 Å². The predicted octanol–water partition coefficient (Wildman–Crippen LogP) is 2.92. The van der Waals surface area contributed by atoms with Gasteiger partial charge in [0.25, 0.3) is 5.22 Å². The summed E-state index contributed by atoms with van der Waals surface area (Å²) in [6.45, 7) is 8.04. The van der Waals surface area contributed by atoms with Crippen molar-refractivity contribution < 1.29 is 9.21 Å². The molecule has 2 heterocycles. The van der Waals surface area contributed by atoms with Crippen LogP contribution in [0.25, 0.3) is 0 Å². The van der Waals surface area contributed by atoms with Crippen molar-refractivity contribution in [3.63, 3.8) is 0 Å². The molecule has 1 aromatic rings. The van der Waals surface area contributed by atoms with Crippen molar-refractivity contribution in [2.45, 2.75) is 43.4 Å². The summed E-state index contributed by atoms with van der Waals surface area (Å²) >= 11 is 2.99. The average molecular weight is 329 g/mol. The Hall–Kier alpha value is -0.690. The summed E-state index contributed by atoms with van der Waals surface area (Å²) in [7, 11) is 0. The van der Waals surface area contributed by atoms with Gasteiger partial charge in [0.05, 0.1) is 11.0 Å². The van der Waals surface area contributed by atoms with E-state index in [0.717, 1.165) is 13.1 Å². The van der Waals surface area contributed by atoms with Crippen molar-refractivity contribution in [2.75, 3.05) is 19.3 Å². The molecule has 21 heavy (non-hydrogen) atoms. The van der Waals surface area contributed by atoms with Crippen LogP contribution in [0.5, 0.6) is 0 Å². The Labute approximate surface area is 134 Å². The molecule has 2 rings (SSSR count). The molecule has 7 heteroatoms. The van der Waals surface area contributed by atoms with Gasteiger partial charge in [0, 0.05) is 13.1 Å². The second-order valence-electron chi connectivity index (χ2n) is 5.84. The van der Waals surface area contributed by atoms with Gasteiger partial charge in [-0.05, 0) is 31.4 Å². The Morgan fingerprint density at radius 2 is 2.05 bits per heavy atom. The number of hydrogen-bond donors (Lipinski definition) is 0. The highest BCUT2D eigenvalue weighted by Gasteiger charge is 2.29. The molecule has 0 bridgehead atoms. The minimum absolute atomic E-state index is 0.169. The highest BCUT2D eigenvalue weighted by atomic mass is 32.2. The zero-order chi connectivity index (χ0) is 15.4. The lowest BCUT2D eigenvalue weighted by Gasteiger charge is -2.36. The minimum Gasteiger partial charge on any atom is -0.415 e. The zero-order valence-electron chi connectivity index (χ0n) is 13.0. The molecule has 1 amide bonds. The Kier molecular flexibility index (Phi) is 5.98. The normalized spacial score (nSPS) is 24.1. The molecular formula is C14H23N3O2S2. The van der Waals surface area contributed by atoms with Gasteiger partial charge in [-0.1, -0.05) is 25.6 Å². The van der Waals surface area contributed by atoms with Gasteiger partial charge in [-0.15, -0.1) is 10.2 Å². The summed E-state index contributed by atoms with van der Waals surface area (Å²) in [5.41, 5.74) is 0. The lowest BCUT2D eigenvalue weighted by Crippen LogP contribution is -2.45. The maximum Gasteiger partial charge on any atom is 0.277 e. The molecule has 0 radical (unpaired) electrons. The van der Waals surface area contributed by atoms with Crippen LogP contribution >= 0.6 is 23.5 Å². The molecule has 5 nitrogen and oxygen atoms in total. The fraction of sp³-hybridized carbons (Fsp3) is 0.786. The van der Waals surface area contributed by atoms with Gasteiger partial charge in [0.1, 0.15) is 0 Å². The standard InChI is InChI=1S/C14H23N3O2S2/c1-9-5-10(2)7-17(6-9)13(18)11(3)21-14-16-15-12(19-14)8-20-4/h9-11H,5-8H2,1-4H3. The zero-order valence-corrected chi connectivity index (χ0v) is 14.7. The fourth-order valence-corrected chi connectivity index (χ4v) is 3.92. The molecule has 3 unspecified atom stereocenters. The SMILES string of the molecule is CSCc1nnc(SC(C)C(=O)N2CC(C)CC(C)C2)o1. The number of thioether (sulfide) groups is 2. The molecule has 1 saturated heterocycles. The van der Waals surface area contributed by atoms with Crippen molar-refractivity contribution in [1.29, 1.82) is 0 Å². The van der Waals surface area contributed by atoms with Crippen LogP contribution in [0, 0.1) is 11.8 Å². The lowest BCUT2D eigenvalue weighted by atomic mass is 9.92. The van der Waals surface area contributed by atoms with Gasteiger partial charge in [-0.25, -0.2) is 0 Å². The van der Waals surface area contributed by atoms with E-state index in [9.17, 15) is 4.79 Å². The number of amides is 1. The first-order valence-electron chi connectivity index (χ1n) is 7.26. The second-order valence-corrected chi connectivity index (χ2v) is 8.00. The third-order valence-electron chi connectivity index (χ3n) is 3.52. The summed E-state index contributed by atoms with van der Waals surface area (Å²) in [6, 6.07) is 0. The first-order valence-corrected chi connectivity index (χ1v) is 9.53. The third kappa shape index (κ3) is 4.64. The molecule has 0 spiro atoms. The van der Waals surface area contributed by atoms with Crippen molar-refractivity contribution >= 4 is 29.4 Å². The molecule has 1 aliphatic rings. The molecule has 0 aliphatic carbocycles. The van der Waals surface area contributed by atoms with Crippen LogP contribution in [0.3, 0.4) is 0 Å². The number of carbonyl (C=O) groups excluding carboxylic acids is 1. The minimum atomic E-state index is -0.190. The average Bonchev–Trinajstić information content (AvgIpc) is 2.84. The lowest BCUT2D eigenvalue weighted by molar-refractivity contribution is -0.132. The maximum absolute atomic E-state index is 12.5. The Balaban J connectivity index is 1.92. The van der Waals surface area contributed by atoms with Crippen LogP contribution < -0.4 is 0 Å². The molecule has 1 fully saturated rings. The van der Waals surface area contributed by atoms with Gasteiger partial charge in [-0.2, -0.15) is 11.8 Å². The van der Waals surface area contributed by atoms with E-state index >= 15 is 0 Å². The van der Waals surface area contributed by atoms with E-state index in [1.54, 1.807) is 11.8 Å². The molecule has 3 atom stereocenters. The first-order chi connectivity index (χ1) is 9.99. The molecule has 118 valence electrons. The van der Waals surface area contributed by atoms with Gasteiger partial charge in [0.15, 0.2) is 0 Å². The van der Waals surface area contributed by atoms with Crippen molar-refractivity contribution in [2.24, 2.45) is 11.8 Å². The quantitative estimate of drug-likeness (QED) is 0.774. The molecule has 0 N–H and O–H groups in total. The largest absolute Gasteiger partial charge is 0.415 e. The second kappa shape index (κ2) is 7.54. The first kappa shape index (κ1) is 16.7. The van der Waals surface area contributed by atoms with E-state index in [0.29, 0.717) is 28.7 Å². The number of rotatable bonds is 5. The number of aromatic nitrogens is 2. The molecular weight excluding hydrogens is 306 g/mol. The Bertz CT molecular complexity index is 471. The van der Waals surface area contributed by atoms with Gasteiger partial charge >= 0.3 is 0 Å².